The lowest BCUT2D eigenvalue weighted by atomic mass is 10.1. The number of carbonyl (C=O) groups excluding carboxylic acids is 1. The van der Waals surface area contributed by atoms with Crippen LogP contribution in [-0.2, 0) is 0 Å². The van der Waals surface area contributed by atoms with Gasteiger partial charge < -0.3 is 9.80 Å². The maximum Gasteiger partial charge on any atom is 0.255 e. The lowest BCUT2D eigenvalue weighted by Crippen LogP contribution is -2.47. The van der Waals surface area contributed by atoms with Gasteiger partial charge in [0, 0.05) is 35.1 Å². The van der Waals surface area contributed by atoms with E-state index in [1.165, 1.54) is 0 Å². The van der Waals surface area contributed by atoms with Crippen molar-refractivity contribution in [2.75, 3.05) is 33.2 Å². The molecule has 1 amide bonds. The molecule has 0 radical (unpaired) electrons. The first kappa shape index (κ1) is 14.0. The molecule has 1 aliphatic rings. The molecule has 1 aliphatic heterocycles. The largest absolute Gasteiger partial charge is 0.336 e. The van der Waals surface area contributed by atoms with E-state index in [1.807, 2.05) is 24.0 Å². The summed E-state index contributed by atoms with van der Waals surface area (Å²) in [6.45, 7) is 5.48. The van der Waals surface area contributed by atoms with Gasteiger partial charge in [0.1, 0.15) is 0 Å². The van der Waals surface area contributed by atoms with Crippen molar-refractivity contribution in [1.82, 2.24) is 9.80 Å². The average molecular weight is 376 g/mol. The summed E-state index contributed by atoms with van der Waals surface area (Å²) in [5.74, 6) is 0.111. The summed E-state index contributed by atoms with van der Waals surface area (Å²) in [4.78, 5) is 16.7. The Bertz CT molecular complexity index is 468. The van der Waals surface area contributed by atoms with Crippen LogP contribution in [0.1, 0.15) is 15.9 Å². The van der Waals surface area contributed by atoms with Crippen LogP contribution in [0.5, 0.6) is 0 Å². The summed E-state index contributed by atoms with van der Waals surface area (Å²) >= 11 is 6.96. The summed E-state index contributed by atoms with van der Waals surface area (Å²) in [5, 5.41) is 0. The number of aryl methyl sites for hydroxylation is 1. The van der Waals surface area contributed by atoms with E-state index >= 15 is 0 Å². The lowest BCUT2D eigenvalue weighted by Gasteiger charge is -2.32. The maximum atomic E-state index is 12.5. The van der Waals surface area contributed by atoms with Crippen molar-refractivity contribution in [3.05, 3.63) is 32.2 Å². The van der Waals surface area contributed by atoms with Crippen LogP contribution >= 0.6 is 31.9 Å². The number of likely N-dealkylation sites (N-methyl/N-ethyl adjacent to an activating group) is 1. The third-order valence-corrected chi connectivity index (χ3v) is 5.21. The van der Waals surface area contributed by atoms with Crippen LogP contribution in [0.3, 0.4) is 0 Å². The van der Waals surface area contributed by atoms with Gasteiger partial charge in [-0.05, 0) is 63.5 Å². The predicted octanol–water partition coefficient (Wildman–Crippen LogP) is 2.91. The van der Waals surface area contributed by atoms with Gasteiger partial charge in [-0.25, -0.2) is 0 Å². The molecule has 98 valence electrons. The molecule has 0 aromatic heterocycles. The molecule has 5 heteroatoms. The highest BCUT2D eigenvalue weighted by atomic mass is 79.9. The fourth-order valence-electron chi connectivity index (χ4n) is 2.06. The van der Waals surface area contributed by atoms with Gasteiger partial charge in [-0.1, -0.05) is 0 Å². The highest BCUT2D eigenvalue weighted by Gasteiger charge is 2.22. The zero-order valence-electron chi connectivity index (χ0n) is 10.5. The number of amides is 1. The molecule has 0 bridgehead atoms. The van der Waals surface area contributed by atoms with Gasteiger partial charge in [-0.3, -0.25) is 4.79 Å². The van der Waals surface area contributed by atoms with Gasteiger partial charge in [0.05, 0.1) is 5.56 Å². The highest BCUT2D eigenvalue weighted by molar-refractivity contribution is 9.13. The van der Waals surface area contributed by atoms with E-state index in [0.717, 1.165) is 46.3 Å². The van der Waals surface area contributed by atoms with Crippen molar-refractivity contribution in [3.63, 3.8) is 0 Å². The monoisotopic (exact) mass is 374 g/mol. The molecule has 0 unspecified atom stereocenters. The van der Waals surface area contributed by atoms with E-state index in [1.54, 1.807) is 0 Å². The highest BCUT2D eigenvalue weighted by Crippen LogP contribution is 2.29. The summed E-state index contributed by atoms with van der Waals surface area (Å²) < 4.78 is 1.78. The van der Waals surface area contributed by atoms with Crippen molar-refractivity contribution in [3.8, 4) is 0 Å². The second kappa shape index (κ2) is 5.72. The molecular formula is C13H16Br2N2O. The standard InChI is InChI=1S/C13H16Br2N2O/c1-9-7-10(12(15)11(14)8-9)13(18)17-5-3-16(2)4-6-17/h7-8H,3-6H2,1-2H3. The average Bonchev–Trinajstić information content (AvgIpc) is 2.34. The topological polar surface area (TPSA) is 23.6 Å². The van der Waals surface area contributed by atoms with Crippen LogP contribution in [0.4, 0.5) is 0 Å². The number of halogens is 2. The Morgan fingerprint density at radius 1 is 1.17 bits per heavy atom. The third kappa shape index (κ3) is 2.95. The molecule has 3 nitrogen and oxygen atoms in total. The molecule has 1 heterocycles. The molecule has 18 heavy (non-hydrogen) atoms. The first-order valence-electron chi connectivity index (χ1n) is 5.92. The van der Waals surface area contributed by atoms with Gasteiger partial charge >= 0.3 is 0 Å². The third-order valence-electron chi connectivity index (χ3n) is 3.19. The summed E-state index contributed by atoms with van der Waals surface area (Å²) in [6.07, 6.45) is 0. The van der Waals surface area contributed by atoms with Crippen molar-refractivity contribution >= 4 is 37.8 Å². The zero-order valence-corrected chi connectivity index (χ0v) is 13.7. The van der Waals surface area contributed by atoms with E-state index < -0.39 is 0 Å². The maximum absolute atomic E-state index is 12.5. The van der Waals surface area contributed by atoms with Crippen molar-refractivity contribution in [1.29, 1.82) is 0 Å². The van der Waals surface area contributed by atoms with Crippen LogP contribution in [0.25, 0.3) is 0 Å². The quantitative estimate of drug-likeness (QED) is 0.753. The fourth-order valence-corrected chi connectivity index (χ4v) is 3.03. The van der Waals surface area contributed by atoms with Crippen LogP contribution in [-0.4, -0.2) is 48.9 Å². The number of benzene rings is 1. The molecule has 1 saturated heterocycles. The minimum absolute atomic E-state index is 0.111. The van der Waals surface area contributed by atoms with Gasteiger partial charge in [-0.15, -0.1) is 0 Å². The Kier molecular flexibility index (Phi) is 4.45. The number of hydrogen-bond donors (Lipinski definition) is 0. The van der Waals surface area contributed by atoms with Gasteiger partial charge in [0.25, 0.3) is 5.91 Å². The van der Waals surface area contributed by atoms with Gasteiger partial charge in [0.2, 0.25) is 0 Å². The number of rotatable bonds is 1. The Labute approximate surface area is 124 Å². The van der Waals surface area contributed by atoms with E-state index in [0.29, 0.717) is 0 Å². The minimum atomic E-state index is 0.111. The zero-order chi connectivity index (χ0) is 13.3. The Morgan fingerprint density at radius 2 is 1.78 bits per heavy atom. The molecule has 0 spiro atoms. The van der Waals surface area contributed by atoms with Crippen molar-refractivity contribution < 1.29 is 4.79 Å². The number of piperazine rings is 1. The molecule has 1 aromatic carbocycles. The molecule has 2 rings (SSSR count). The second-order valence-corrected chi connectivity index (χ2v) is 6.35. The van der Waals surface area contributed by atoms with Gasteiger partial charge in [0.15, 0.2) is 0 Å². The molecule has 0 N–H and O–H groups in total. The smallest absolute Gasteiger partial charge is 0.255 e. The fraction of sp³-hybridized carbons (Fsp3) is 0.462. The predicted molar refractivity (Wildman–Crippen MR) is 80.0 cm³/mol. The number of nitrogens with zero attached hydrogens (tertiary/aromatic N) is 2. The first-order valence-corrected chi connectivity index (χ1v) is 7.51. The van der Waals surface area contributed by atoms with Gasteiger partial charge in [-0.2, -0.15) is 0 Å². The molecule has 0 saturated carbocycles. The molecule has 0 aliphatic carbocycles. The van der Waals surface area contributed by atoms with Crippen molar-refractivity contribution in [2.45, 2.75) is 6.92 Å². The summed E-state index contributed by atoms with van der Waals surface area (Å²) in [6, 6.07) is 3.94. The Hall–Kier alpha value is -0.390. The van der Waals surface area contributed by atoms with E-state index in [4.69, 9.17) is 0 Å². The van der Waals surface area contributed by atoms with Crippen LogP contribution in [0.2, 0.25) is 0 Å². The van der Waals surface area contributed by atoms with Crippen LogP contribution in [0.15, 0.2) is 21.1 Å². The van der Waals surface area contributed by atoms with Crippen LogP contribution in [0, 0.1) is 6.92 Å². The molecular weight excluding hydrogens is 360 g/mol. The normalized spacial score (nSPS) is 17.0. The first-order chi connectivity index (χ1) is 8.49. The molecule has 0 atom stereocenters. The van der Waals surface area contributed by atoms with E-state index in [9.17, 15) is 4.79 Å². The van der Waals surface area contributed by atoms with Crippen LogP contribution < -0.4 is 0 Å². The summed E-state index contributed by atoms with van der Waals surface area (Å²) in [7, 11) is 2.08. The Morgan fingerprint density at radius 3 is 2.39 bits per heavy atom. The Balaban J connectivity index is 2.23. The second-order valence-electron chi connectivity index (χ2n) is 4.70. The SMILES string of the molecule is Cc1cc(Br)c(Br)c(C(=O)N2CCN(C)CC2)c1. The lowest BCUT2D eigenvalue weighted by molar-refractivity contribution is 0.0663. The van der Waals surface area contributed by atoms with E-state index in [-0.39, 0.29) is 5.91 Å². The summed E-state index contributed by atoms with van der Waals surface area (Å²) in [5.41, 5.74) is 1.83. The number of hydrogen-bond acceptors (Lipinski definition) is 2. The number of carbonyl (C=O) groups is 1. The van der Waals surface area contributed by atoms with Crippen molar-refractivity contribution in [2.24, 2.45) is 0 Å². The van der Waals surface area contributed by atoms with E-state index in [2.05, 4.69) is 43.8 Å². The molecule has 1 aromatic rings. The molecule has 1 fully saturated rings. The minimum Gasteiger partial charge on any atom is -0.336 e.